The molecule has 12 heavy (non-hydrogen) atoms. The lowest BCUT2D eigenvalue weighted by atomic mass is 11.0. The molecule has 0 saturated carbocycles. The number of hydrogen-bond donors (Lipinski definition) is 0. The van der Waals surface area contributed by atoms with E-state index < -0.39 is 14.4 Å². The molecule has 0 nitrogen and oxygen atoms in total. The zero-order valence-corrected chi connectivity index (χ0v) is 13.0. The first-order valence-corrected chi connectivity index (χ1v) is 16.2. The molecule has 1 atom stereocenters. The lowest BCUT2D eigenvalue weighted by molar-refractivity contribution is 1.46. The van der Waals surface area contributed by atoms with Crippen molar-refractivity contribution in [2.45, 2.75) is 50.8 Å². The Morgan fingerprint density at radius 2 is 1.17 bits per heavy atom. The molecule has 0 aromatic heterocycles. The second-order valence-electron chi connectivity index (χ2n) is 5.49. The van der Waals surface area contributed by atoms with Crippen LogP contribution in [0.15, 0.2) is 0 Å². The highest BCUT2D eigenvalue weighted by Gasteiger charge is 2.62. The van der Waals surface area contributed by atoms with Gasteiger partial charge >= 0.3 is 0 Å². The Morgan fingerprint density at radius 3 is 1.17 bits per heavy atom. The van der Waals surface area contributed by atoms with Crippen molar-refractivity contribution in [1.82, 2.24) is 0 Å². The molecule has 74 valence electrons. The van der Waals surface area contributed by atoms with E-state index in [1.165, 1.54) is 0 Å². The molecule has 0 bridgehead atoms. The van der Waals surface area contributed by atoms with E-state index in [1.807, 2.05) is 0 Å². The van der Waals surface area contributed by atoms with E-state index >= 15 is 0 Å². The van der Waals surface area contributed by atoms with E-state index in [2.05, 4.69) is 57.0 Å². The van der Waals surface area contributed by atoms with Crippen LogP contribution in [-0.2, 0) is 0 Å². The van der Waals surface area contributed by atoms with Crippen molar-refractivity contribution in [2.24, 2.45) is 0 Å². The third-order valence-corrected chi connectivity index (χ3v) is 46.3. The SMILES string of the molecule is CC1SS1([Si](C)(C)C)[Si](C)(C)C. The third kappa shape index (κ3) is 1.44. The minimum Gasteiger partial charge on any atom is -0.205 e. The second kappa shape index (κ2) is 2.81. The van der Waals surface area contributed by atoms with E-state index in [1.54, 1.807) is 0 Å². The predicted molar refractivity (Wildman–Crippen MR) is 71.3 cm³/mol. The minimum atomic E-state index is -0.864. The average molecular weight is 239 g/mol. The van der Waals surface area contributed by atoms with Crippen LogP contribution in [0.3, 0.4) is 0 Å². The fourth-order valence-electron chi connectivity index (χ4n) is 2.39. The molecule has 1 unspecified atom stereocenters. The maximum Gasteiger partial charge on any atom is 0.0957 e. The first-order valence-electron chi connectivity index (χ1n) is 4.62. The van der Waals surface area contributed by atoms with Crippen LogP contribution >= 0.6 is 18.8 Å². The van der Waals surface area contributed by atoms with Crippen LogP contribution < -0.4 is 0 Å². The van der Waals surface area contributed by atoms with Crippen molar-refractivity contribution in [3.8, 4) is 0 Å². The number of hydrogen-bond acceptors (Lipinski definition) is 1. The second-order valence-corrected chi connectivity index (χ2v) is 33.4. The largest absolute Gasteiger partial charge is 0.205 e. The molecule has 1 heterocycles. The van der Waals surface area contributed by atoms with Crippen LogP contribution in [0.1, 0.15) is 6.92 Å². The fourth-order valence-corrected chi connectivity index (χ4v) is 53.0. The molecular formula is C8H22S2Si2. The van der Waals surface area contributed by atoms with Gasteiger partial charge in [0.25, 0.3) is 0 Å². The van der Waals surface area contributed by atoms with Crippen LogP contribution in [0.25, 0.3) is 0 Å². The average Bonchev–Trinajstić information content (AvgIpc) is 2.36. The maximum absolute atomic E-state index is 2.58. The Morgan fingerprint density at radius 1 is 0.917 bits per heavy atom. The highest BCUT2D eigenvalue weighted by Crippen LogP contribution is 2.91. The van der Waals surface area contributed by atoms with Gasteiger partial charge in [0.15, 0.2) is 0 Å². The van der Waals surface area contributed by atoms with Gasteiger partial charge in [-0.2, -0.15) is 0 Å². The summed E-state index contributed by atoms with van der Waals surface area (Å²) in [6.45, 7) is 18.0. The summed E-state index contributed by atoms with van der Waals surface area (Å²) in [4.78, 5) is 0. The van der Waals surface area contributed by atoms with Crippen molar-refractivity contribution in [2.75, 3.05) is 0 Å². The van der Waals surface area contributed by atoms with E-state index in [0.717, 1.165) is 4.58 Å². The zero-order valence-electron chi connectivity index (χ0n) is 9.39. The van der Waals surface area contributed by atoms with Crippen LogP contribution in [-0.4, -0.2) is 19.0 Å². The number of rotatable bonds is 2. The molecule has 1 rings (SSSR count). The zero-order chi connectivity index (χ0) is 9.78. The molecule has 0 N–H and O–H groups in total. The van der Waals surface area contributed by atoms with Gasteiger partial charge in [-0.25, -0.2) is 7.96 Å². The Labute approximate surface area is 83.9 Å². The summed E-state index contributed by atoms with van der Waals surface area (Å²) in [6, 6.07) is 0. The third-order valence-electron chi connectivity index (χ3n) is 2.54. The summed E-state index contributed by atoms with van der Waals surface area (Å²) in [5.41, 5.74) is 0. The Balaban J connectivity index is 2.96. The minimum absolute atomic E-state index is 0.148. The molecule has 0 radical (unpaired) electrons. The van der Waals surface area contributed by atoms with E-state index in [4.69, 9.17) is 0 Å². The topological polar surface area (TPSA) is 0 Å². The fraction of sp³-hybridized carbons (Fsp3) is 1.00. The summed E-state index contributed by atoms with van der Waals surface area (Å²) >= 11 is 0. The van der Waals surface area contributed by atoms with Gasteiger partial charge in [-0.1, -0.05) is 39.3 Å². The maximum atomic E-state index is 2.58. The summed E-state index contributed by atoms with van der Waals surface area (Å²) in [5.74, 6) is 0. The van der Waals surface area contributed by atoms with Crippen molar-refractivity contribution < 1.29 is 0 Å². The quantitative estimate of drug-likeness (QED) is 0.389. The van der Waals surface area contributed by atoms with Gasteiger partial charge in [0, 0.05) is 4.58 Å². The van der Waals surface area contributed by atoms with Crippen molar-refractivity contribution in [3.63, 3.8) is 0 Å². The molecule has 0 aliphatic carbocycles. The predicted octanol–water partition coefficient (Wildman–Crippen LogP) is 4.47. The van der Waals surface area contributed by atoms with Crippen molar-refractivity contribution in [3.05, 3.63) is 0 Å². The van der Waals surface area contributed by atoms with Crippen molar-refractivity contribution >= 4 is 33.2 Å². The molecule has 1 aliphatic heterocycles. The van der Waals surface area contributed by atoms with Gasteiger partial charge in [-0.15, -0.1) is 10.8 Å². The molecule has 0 aromatic rings. The molecule has 0 spiro atoms. The van der Waals surface area contributed by atoms with Gasteiger partial charge in [-0.05, 0) is 6.92 Å². The lowest BCUT2D eigenvalue weighted by Gasteiger charge is -2.43. The Hall–Kier alpha value is 1.13. The summed E-state index contributed by atoms with van der Waals surface area (Å²) in [5, 5.41) is 0. The molecule has 0 aromatic carbocycles. The summed E-state index contributed by atoms with van der Waals surface area (Å²) < 4.78 is 1.04. The lowest BCUT2D eigenvalue weighted by Crippen LogP contribution is -2.38. The molecule has 1 saturated heterocycles. The van der Waals surface area contributed by atoms with Crippen LogP contribution in [0.4, 0.5) is 0 Å². The van der Waals surface area contributed by atoms with Crippen molar-refractivity contribution in [1.29, 1.82) is 0 Å². The summed E-state index contributed by atoms with van der Waals surface area (Å²) in [7, 11) is 0.483. The molecule has 1 fully saturated rings. The van der Waals surface area contributed by atoms with Gasteiger partial charge in [0.05, 0.1) is 14.4 Å². The standard InChI is InChI=1S/C8H22S2Si2/c1-8-9-10(8,11(2,3)4)12(5,6)7/h8H,1-7H3. The Kier molecular flexibility index (Phi) is 2.63. The van der Waals surface area contributed by atoms with Gasteiger partial charge in [0.2, 0.25) is 0 Å². The molecule has 1 aliphatic rings. The normalized spacial score (nSPS) is 31.4. The van der Waals surface area contributed by atoms with E-state index in [-0.39, 0.29) is 7.96 Å². The van der Waals surface area contributed by atoms with E-state index in [0.29, 0.717) is 0 Å². The highest BCUT2D eigenvalue weighted by molar-refractivity contribution is 9.28. The first kappa shape index (κ1) is 11.2. The Bertz CT molecular complexity index is 176. The van der Waals surface area contributed by atoms with Gasteiger partial charge in [-0.3, -0.25) is 0 Å². The smallest absolute Gasteiger partial charge is 0.0957 e. The van der Waals surface area contributed by atoms with Crippen LogP contribution in [0.2, 0.25) is 39.3 Å². The van der Waals surface area contributed by atoms with Gasteiger partial charge in [0.1, 0.15) is 0 Å². The highest BCUT2D eigenvalue weighted by atomic mass is 33.4. The van der Waals surface area contributed by atoms with Gasteiger partial charge < -0.3 is 0 Å². The molecule has 4 heteroatoms. The van der Waals surface area contributed by atoms with E-state index in [9.17, 15) is 0 Å². The monoisotopic (exact) mass is 238 g/mol. The first-order chi connectivity index (χ1) is 5.13. The summed E-state index contributed by atoms with van der Waals surface area (Å²) in [6.07, 6.45) is 0. The van der Waals surface area contributed by atoms with Crippen LogP contribution in [0.5, 0.6) is 0 Å². The molecular weight excluding hydrogens is 216 g/mol. The van der Waals surface area contributed by atoms with Crippen LogP contribution in [0, 0.1) is 0 Å². The molecule has 0 amide bonds.